The first-order valence-corrected chi connectivity index (χ1v) is 5.34. The monoisotopic (exact) mass is 240 g/mol. The first-order valence-electron chi connectivity index (χ1n) is 5.34. The molecule has 0 aliphatic carbocycles. The zero-order valence-corrected chi connectivity index (χ0v) is 9.82. The molecule has 1 amide bonds. The molecule has 0 saturated carbocycles. The SMILES string of the molecule is CCNC(C)CC(=O)NC(C)CC(F)(F)F. The number of rotatable bonds is 6. The summed E-state index contributed by atoms with van der Waals surface area (Å²) in [6, 6.07) is -0.899. The number of hydrogen-bond donors (Lipinski definition) is 2. The minimum atomic E-state index is -4.24. The van der Waals surface area contributed by atoms with Crippen LogP contribution in [-0.2, 0) is 4.79 Å². The zero-order valence-electron chi connectivity index (χ0n) is 9.82. The van der Waals surface area contributed by atoms with E-state index in [9.17, 15) is 18.0 Å². The number of carbonyl (C=O) groups excluding carboxylic acids is 1. The number of nitrogens with one attached hydrogen (secondary N) is 2. The molecule has 96 valence electrons. The van der Waals surface area contributed by atoms with Crippen LogP contribution in [0.3, 0.4) is 0 Å². The van der Waals surface area contributed by atoms with Crippen LogP contribution in [0.15, 0.2) is 0 Å². The van der Waals surface area contributed by atoms with Crippen molar-refractivity contribution in [1.29, 1.82) is 0 Å². The van der Waals surface area contributed by atoms with Crippen LogP contribution in [0, 0.1) is 0 Å². The van der Waals surface area contributed by atoms with Gasteiger partial charge in [-0.25, -0.2) is 0 Å². The van der Waals surface area contributed by atoms with Gasteiger partial charge in [-0.15, -0.1) is 0 Å². The van der Waals surface area contributed by atoms with Crippen LogP contribution >= 0.6 is 0 Å². The zero-order chi connectivity index (χ0) is 12.8. The highest BCUT2D eigenvalue weighted by Gasteiger charge is 2.30. The molecule has 0 radical (unpaired) electrons. The Morgan fingerprint density at radius 2 is 1.81 bits per heavy atom. The summed E-state index contributed by atoms with van der Waals surface area (Å²) < 4.78 is 35.9. The van der Waals surface area contributed by atoms with E-state index in [4.69, 9.17) is 0 Å². The average Bonchev–Trinajstić information content (AvgIpc) is 1.98. The predicted octanol–water partition coefficient (Wildman–Crippen LogP) is 1.83. The first-order chi connectivity index (χ1) is 7.24. The van der Waals surface area contributed by atoms with E-state index in [1.807, 2.05) is 13.8 Å². The Morgan fingerprint density at radius 1 is 1.25 bits per heavy atom. The van der Waals surface area contributed by atoms with Crippen molar-refractivity contribution in [2.24, 2.45) is 0 Å². The third kappa shape index (κ3) is 8.52. The second kappa shape index (κ2) is 6.73. The number of halogens is 3. The van der Waals surface area contributed by atoms with Crippen molar-refractivity contribution in [3.05, 3.63) is 0 Å². The van der Waals surface area contributed by atoms with Gasteiger partial charge in [-0.2, -0.15) is 13.2 Å². The van der Waals surface area contributed by atoms with Crippen LogP contribution in [0.4, 0.5) is 13.2 Å². The molecule has 0 rings (SSSR count). The Balaban J connectivity index is 3.87. The molecule has 0 bridgehead atoms. The van der Waals surface area contributed by atoms with Crippen LogP contribution in [-0.4, -0.2) is 30.7 Å². The summed E-state index contributed by atoms with van der Waals surface area (Å²) in [7, 11) is 0. The number of alkyl halides is 3. The Kier molecular flexibility index (Phi) is 6.40. The molecular formula is C10H19F3N2O. The molecule has 0 aromatic carbocycles. The van der Waals surface area contributed by atoms with Crippen molar-refractivity contribution < 1.29 is 18.0 Å². The molecule has 0 aliphatic rings. The van der Waals surface area contributed by atoms with E-state index in [0.717, 1.165) is 6.54 Å². The third-order valence-corrected chi connectivity index (χ3v) is 1.99. The Labute approximate surface area is 93.8 Å². The molecule has 0 spiro atoms. The van der Waals surface area contributed by atoms with Crippen molar-refractivity contribution in [3.63, 3.8) is 0 Å². The Bertz CT molecular complexity index is 219. The van der Waals surface area contributed by atoms with Gasteiger partial charge in [0.25, 0.3) is 0 Å². The van der Waals surface area contributed by atoms with Crippen molar-refractivity contribution in [2.45, 2.75) is 51.9 Å². The number of amides is 1. The van der Waals surface area contributed by atoms with Crippen molar-refractivity contribution in [3.8, 4) is 0 Å². The lowest BCUT2D eigenvalue weighted by molar-refractivity contribution is -0.141. The van der Waals surface area contributed by atoms with Crippen LogP contribution in [0.1, 0.15) is 33.6 Å². The second-order valence-corrected chi connectivity index (χ2v) is 3.95. The summed E-state index contributed by atoms with van der Waals surface area (Å²) in [6.07, 6.45) is -5.04. The number of carbonyl (C=O) groups is 1. The lowest BCUT2D eigenvalue weighted by Crippen LogP contribution is -2.39. The summed E-state index contributed by atoms with van der Waals surface area (Å²) in [6.45, 7) is 5.80. The summed E-state index contributed by atoms with van der Waals surface area (Å²) >= 11 is 0. The van der Waals surface area contributed by atoms with Crippen LogP contribution in [0.5, 0.6) is 0 Å². The van der Waals surface area contributed by atoms with E-state index in [1.54, 1.807) is 0 Å². The fourth-order valence-corrected chi connectivity index (χ4v) is 1.43. The summed E-state index contributed by atoms with van der Waals surface area (Å²) in [4.78, 5) is 11.3. The normalized spacial score (nSPS) is 15.6. The van der Waals surface area contributed by atoms with Gasteiger partial charge >= 0.3 is 6.18 Å². The van der Waals surface area contributed by atoms with Gasteiger partial charge in [-0.1, -0.05) is 6.92 Å². The summed E-state index contributed by atoms with van der Waals surface area (Å²) in [5.41, 5.74) is 0. The highest BCUT2D eigenvalue weighted by molar-refractivity contribution is 5.76. The fraction of sp³-hybridized carbons (Fsp3) is 0.900. The van der Waals surface area contributed by atoms with Gasteiger partial charge in [0, 0.05) is 18.5 Å². The first kappa shape index (κ1) is 15.2. The molecule has 0 saturated heterocycles. The van der Waals surface area contributed by atoms with Gasteiger partial charge in [0.1, 0.15) is 0 Å². The molecule has 0 aromatic heterocycles. The average molecular weight is 240 g/mol. The van der Waals surface area contributed by atoms with Gasteiger partial charge < -0.3 is 10.6 Å². The van der Waals surface area contributed by atoms with E-state index < -0.39 is 18.6 Å². The molecule has 0 heterocycles. The van der Waals surface area contributed by atoms with Crippen molar-refractivity contribution in [2.75, 3.05) is 6.54 Å². The highest BCUT2D eigenvalue weighted by Crippen LogP contribution is 2.21. The third-order valence-electron chi connectivity index (χ3n) is 1.99. The van der Waals surface area contributed by atoms with E-state index in [-0.39, 0.29) is 18.4 Å². The van der Waals surface area contributed by atoms with Gasteiger partial charge in [0.2, 0.25) is 5.91 Å². The molecule has 0 aromatic rings. The summed E-state index contributed by atoms with van der Waals surface area (Å²) in [5.74, 6) is -0.356. The molecule has 3 nitrogen and oxygen atoms in total. The molecular weight excluding hydrogens is 221 g/mol. The predicted molar refractivity (Wildman–Crippen MR) is 56.0 cm³/mol. The van der Waals surface area contributed by atoms with Crippen LogP contribution < -0.4 is 10.6 Å². The minimum Gasteiger partial charge on any atom is -0.353 e. The Morgan fingerprint density at radius 3 is 2.25 bits per heavy atom. The van der Waals surface area contributed by atoms with Gasteiger partial charge in [0.15, 0.2) is 0 Å². The van der Waals surface area contributed by atoms with E-state index >= 15 is 0 Å². The van der Waals surface area contributed by atoms with E-state index in [2.05, 4.69) is 10.6 Å². The van der Waals surface area contributed by atoms with Gasteiger partial charge in [-0.05, 0) is 20.4 Å². The molecule has 2 atom stereocenters. The van der Waals surface area contributed by atoms with Crippen molar-refractivity contribution in [1.82, 2.24) is 10.6 Å². The van der Waals surface area contributed by atoms with E-state index in [1.165, 1.54) is 6.92 Å². The molecule has 0 aliphatic heterocycles. The van der Waals surface area contributed by atoms with Crippen LogP contribution in [0.2, 0.25) is 0 Å². The minimum absolute atomic E-state index is 0.0249. The summed E-state index contributed by atoms with van der Waals surface area (Å²) in [5, 5.41) is 5.34. The standard InChI is InChI=1S/C10H19F3N2O/c1-4-14-7(2)5-9(16)15-8(3)6-10(11,12)13/h7-8,14H,4-6H2,1-3H3,(H,15,16). The van der Waals surface area contributed by atoms with Crippen molar-refractivity contribution >= 4 is 5.91 Å². The smallest absolute Gasteiger partial charge is 0.353 e. The molecule has 16 heavy (non-hydrogen) atoms. The maximum absolute atomic E-state index is 12.0. The quantitative estimate of drug-likeness (QED) is 0.743. The fourth-order valence-electron chi connectivity index (χ4n) is 1.43. The topological polar surface area (TPSA) is 41.1 Å². The maximum atomic E-state index is 12.0. The molecule has 2 N–H and O–H groups in total. The largest absolute Gasteiger partial charge is 0.391 e. The molecule has 6 heteroatoms. The van der Waals surface area contributed by atoms with E-state index in [0.29, 0.717) is 0 Å². The lowest BCUT2D eigenvalue weighted by Gasteiger charge is -2.17. The lowest BCUT2D eigenvalue weighted by atomic mass is 10.2. The number of hydrogen-bond acceptors (Lipinski definition) is 2. The van der Waals surface area contributed by atoms with Gasteiger partial charge in [-0.3, -0.25) is 4.79 Å². The highest BCUT2D eigenvalue weighted by atomic mass is 19.4. The van der Waals surface area contributed by atoms with Crippen LogP contribution in [0.25, 0.3) is 0 Å². The molecule has 2 unspecified atom stereocenters. The Hall–Kier alpha value is -0.780. The van der Waals surface area contributed by atoms with Gasteiger partial charge in [0.05, 0.1) is 6.42 Å². The second-order valence-electron chi connectivity index (χ2n) is 3.95. The molecule has 0 fully saturated rings. The maximum Gasteiger partial charge on any atom is 0.391 e.